The fourth-order valence-electron chi connectivity index (χ4n) is 1.15. The van der Waals surface area contributed by atoms with E-state index in [4.69, 9.17) is 4.74 Å². The lowest BCUT2D eigenvalue weighted by Crippen LogP contribution is -2.24. The topological polar surface area (TPSA) is 66.8 Å². The Morgan fingerprint density at radius 3 is 2.14 bits per heavy atom. The van der Waals surface area contributed by atoms with Gasteiger partial charge < -0.3 is 14.5 Å². The second kappa shape index (κ2) is 3.83. The first-order valence-electron chi connectivity index (χ1n) is 4.08. The molecule has 1 aromatic carbocycles. The van der Waals surface area contributed by atoms with Crippen molar-refractivity contribution in [3.63, 3.8) is 0 Å². The molecule has 0 radical (unpaired) electrons. The van der Waals surface area contributed by atoms with Crippen LogP contribution < -0.4 is 0 Å². The Hall–Kier alpha value is -0.670. The number of methoxy groups -OCH3 is 1. The normalized spacial score (nSPS) is 16.3. The lowest BCUT2D eigenvalue weighted by Gasteiger charge is -2.29. The third kappa shape index (κ3) is 1.88. The summed E-state index contributed by atoms with van der Waals surface area (Å²) in [5.74, 6) is 0. The van der Waals surface area contributed by atoms with Gasteiger partial charge in [0.15, 0.2) is 5.34 Å². The monoisotopic (exact) mass is 216 g/mol. The summed E-state index contributed by atoms with van der Waals surface area (Å²) in [6, 6.07) is 8.45. The molecule has 0 bridgehead atoms. The van der Waals surface area contributed by atoms with Crippen LogP contribution in [0.1, 0.15) is 12.5 Å². The maximum Gasteiger partial charge on any atom is 0.361 e. The Morgan fingerprint density at radius 1 is 1.29 bits per heavy atom. The van der Waals surface area contributed by atoms with Crippen molar-refractivity contribution in [2.45, 2.75) is 12.3 Å². The van der Waals surface area contributed by atoms with Crippen molar-refractivity contribution in [3.05, 3.63) is 35.9 Å². The fraction of sp³-hybridized carbons (Fsp3) is 0.333. The highest BCUT2D eigenvalue weighted by Gasteiger charge is 2.44. The second-order valence-electron chi connectivity index (χ2n) is 3.10. The van der Waals surface area contributed by atoms with Gasteiger partial charge in [0.25, 0.3) is 0 Å². The van der Waals surface area contributed by atoms with Crippen molar-refractivity contribution in [1.82, 2.24) is 0 Å². The Balaban J connectivity index is 3.23. The molecule has 4 nitrogen and oxygen atoms in total. The molecular formula is C9H13O4P. The van der Waals surface area contributed by atoms with Gasteiger partial charge in [-0.25, -0.2) is 0 Å². The predicted molar refractivity (Wildman–Crippen MR) is 52.8 cm³/mol. The third-order valence-electron chi connectivity index (χ3n) is 2.26. The van der Waals surface area contributed by atoms with Crippen molar-refractivity contribution in [1.29, 1.82) is 0 Å². The minimum Gasteiger partial charge on any atom is -0.361 e. The van der Waals surface area contributed by atoms with Gasteiger partial charge in [0.2, 0.25) is 0 Å². The summed E-state index contributed by atoms with van der Waals surface area (Å²) >= 11 is 0. The van der Waals surface area contributed by atoms with Crippen molar-refractivity contribution < 1.29 is 19.1 Å². The van der Waals surface area contributed by atoms with Gasteiger partial charge in [0.1, 0.15) is 0 Å². The SMILES string of the molecule is COC(C)(c1ccccc1)P(=O)(O)O. The molecule has 78 valence electrons. The Kier molecular flexibility index (Phi) is 3.12. The van der Waals surface area contributed by atoms with Crippen molar-refractivity contribution >= 4 is 7.60 Å². The molecule has 0 aliphatic heterocycles. The molecule has 0 saturated carbocycles. The molecule has 2 N–H and O–H groups in total. The zero-order chi connectivity index (χ0) is 10.8. The first-order valence-corrected chi connectivity index (χ1v) is 5.69. The third-order valence-corrected chi connectivity index (χ3v) is 3.82. The minimum absolute atomic E-state index is 0.468. The molecule has 0 fully saturated rings. The Morgan fingerprint density at radius 2 is 1.79 bits per heavy atom. The number of hydrogen-bond donors (Lipinski definition) is 2. The van der Waals surface area contributed by atoms with Gasteiger partial charge in [-0.15, -0.1) is 0 Å². The molecule has 5 heteroatoms. The van der Waals surface area contributed by atoms with Gasteiger partial charge in [0.05, 0.1) is 0 Å². The van der Waals surface area contributed by atoms with Gasteiger partial charge in [0, 0.05) is 7.11 Å². The number of ether oxygens (including phenoxy) is 1. The molecule has 14 heavy (non-hydrogen) atoms. The molecule has 0 aromatic heterocycles. The zero-order valence-electron chi connectivity index (χ0n) is 8.04. The van der Waals surface area contributed by atoms with Crippen LogP contribution >= 0.6 is 7.60 Å². The van der Waals surface area contributed by atoms with E-state index in [0.717, 1.165) is 0 Å². The van der Waals surface area contributed by atoms with Gasteiger partial charge >= 0.3 is 7.60 Å². The van der Waals surface area contributed by atoms with Crippen LogP contribution in [0.2, 0.25) is 0 Å². The molecule has 1 unspecified atom stereocenters. The number of benzene rings is 1. The van der Waals surface area contributed by atoms with E-state index in [9.17, 15) is 14.4 Å². The molecule has 0 heterocycles. The van der Waals surface area contributed by atoms with Crippen molar-refractivity contribution in [2.75, 3.05) is 7.11 Å². The molecule has 0 aliphatic rings. The van der Waals surface area contributed by atoms with E-state index in [1.54, 1.807) is 30.3 Å². The van der Waals surface area contributed by atoms with E-state index < -0.39 is 12.9 Å². The molecular weight excluding hydrogens is 203 g/mol. The highest BCUT2D eigenvalue weighted by Crippen LogP contribution is 2.56. The first-order chi connectivity index (χ1) is 6.42. The summed E-state index contributed by atoms with van der Waals surface area (Å²) in [5, 5.41) is -1.56. The molecule has 0 amide bonds. The van der Waals surface area contributed by atoms with E-state index in [1.807, 2.05) is 0 Å². The Labute approximate surface area is 82.7 Å². The summed E-state index contributed by atoms with van der Waals surface area (Å²) in [5.41, 5.74) is 0.468. The highest BCUT2D eigenvalue weighted by atomic mass is 31.2. The molecule has 1 rings (SSSR count). The standard InChI is InChI=1S/C9H13O4P/c1-9(13-2,14(10,11)12)8-6-4-3-5-7-8/h3-7H,1-2H3,(H2,10,11,12). The van der Waals surface area contributed by atoms with Gasteiger partial charge in [-0.3, -0.25) is 4.57 Å². The van der Waals surface area contributed by atoms with Gasteiger partial charge in [-0.2, -0.15) is 0 Å². The predicted octanol–water partition coefficient (Wildman–Crippen LogP) is 1.68. The van der Waals surface area contributed by atoms with Gasteiger partial charge in [-0.1, -0.05) is 30.3 Å². The summed E-state index contributed by atoms with van der Waals surface area (Å²) < 4.78 is 16.2. The van der Waals surface area contributed by atoms with Crippen LogP contribution in [0.3, 0.4) is 0 Å². The van der Waals surface area contributed by atoms with E-state index in [1.165, 1.54) is 14.0 Å². The van der Waals surface area contributed by atoms with Crippen molar-refractivity contribution in [3.8, 4) is 0 Å². The van der Waals surface area contributed by atoms with Crippen LogP contribution in [0.15, 0.2) is 30.3 Å². The highest BCUT2D eigenvalue weighted by molar-refractivity contribution is 7.52. The maximum atomic E-state index is 11.3. The van der Waals surface area contributed by atoms with Gasteiger partial charge in [-0.05, 0) is 12.5 Å². The molecule has 0 saturated heterocycles. The minimum atomic E-state index is -4.33. The molecule has 0 aliphatic carbocycles. The lowest BCUT2D eigenvalue weighted by molar-refractivity contribution is 0.0503. The van der Waals surface area contributed by atoms with Crippen LogP contribution in [0.4, 0.5) is 0 Å². The average molecular weight is 216 g/mol. The van der Waals surface area contributed by atoms with E-state index >= 15 is 0 Å². The van der Waals surface area contributed by atoms with Crippen LogP contribution in [0.5, 0.6) is 0 Å². The second-order valence-corrected chi connectivity index (χ2v) is 5.04. The fourth-order valence-corrected chi connectivity index (χ4v) is 1.88. The first kappa shape index (κ1) is 11.4. The van der Waals surface area contributed by atoms with Crippen LogP contribution in [0, 0.1) is 0 Å². The smallest absolute Gasteiger partial charge is 0.361 e. The zero-order valence-corrected chi connectivity index (χ0v) is 8.94. The van der Waals surface area contributed by atoms with E-state index in [2.05, 4.69) is 0 Å². The molecule has 0 spiro atoms. The van der Waals surface area contributed by atoms with Crippen LogP contribution in [0.25, 0.3) is 0 Å². The van der Waals surface area contributed by atoms with Crippen molar-refractivity contribution in [2.24, 2.45) is 0 Å². The summed E-state index contributed by atoms with van der Waals surface area (Å²) in [6.07, 6.45) is 0. The molecule has 1 atom stereocenters. The van der Waals surface area contributed by atoms with E-state index in [-0.39, 0.29) is 0 Å². The van der Waals surface area contributed by atoms with E-state index in [0.29, 0.717) is 5.56 Å². The quantitative estimate of drug-likeness (QED) is 0.754. The van der Waals surface area contributed by atoms with Crippen LogP contribution in [-0.4, -0.2) is 16.9 Å². The Bertz CT molecular complexity index is 345. The lowest BCUT2D eigenvalue weighted by atomic mass is 10.1. The summed E-state index contributed by atoms with van der Waals surface area (Å²) in [6.45, 7) is 1.38. The summed E-state index contributed by atoms with van der Waals surface area (Å²) in [4.78, 5) is 18.4. The maximum absolute atomic E-state index is 11.3. The molecule has 1 aromatic rings. The average Bonchev–Trinajstić information content (AvgIpc) is 2.16. The summed E-state index contributed by atoms with van der Waals surface area (Å²) in [7, 11) is -3.05. The largest absolute Gasteiger partial charge is 0.361 e. The number of rotatable bonds is 3. The van der Waals surface area contributed by atoms with Crippen LogP contribution in [-0.2, 0) is 14.6 Å². The number of hydrogen-bond acceptors (Lipinski definition) is 2.